The van der Waals surface area contributed by atoms with Crippen molar-refractivity contribution < 1.29 is 9.53 Å². The maximum Gasteiger partial charge on any atom is 0.305 e. The molecule has 2 nitrogen and oxygen atoms in total. The molecule has 0 radical (unpaired) electrons. The van der Waals surface area contributed by atoms with Gasteiger partial charge in [0.15, 0.2) is 0 Å². The number of carbonyl (C=O) groups excluding carboxylic acids is 1. The van der Waals surface area contributed by atoms with E-state index in [1.165, 1.54) is 6.42 Å². The molecule has 0 bridgehead atoms. The van der Waals surface area contributed by atoms with Gasteiger partial charge in [-0.3, -0.25) is 4.79 Å². The van der Waals surface area contributed by atoms with Crippen molar-refractivity contribution in [3.8, 4) is 0 Å². The smallest absolute Gasteiger partial charge is 0.305 e. The Labute approximate surface area is 81.7 Å². The molecule has 0 spiro atoms. The molecule has 2 heteroatoms. The number of hydrogen-bond acceptors (Lipinski definition) is 2. The van der Waals surface area contributed by atoms with Gasteiger partial charge in [0.1, 0.15) is 0 Å². The Hall–Kier alpha value is -0.530. The summed E-state index contributed by atoms with van der Waals surface area (Å²) in [5.74, 6) is 0.658. The van der Waals surface area contributed by atoms with Crippen LogP contribution in [0.25, 0.3) is 0 Å². The van der Waals surface area contributed by atoms with E-state index in [0.717, 1.165) is 18.8 Å². The number of carbonyl (C=O) groups is 1. The average molecular weight is 186 g/mol. The van der Waals surface area contributed by atoms with Crippen molar-refractivity contribution in [1.82, 2.24) is 0 Å². The van der Waals surface area contributed by atoms with Crippen molar-refractivity contribution in [3.05, 3.63) is 0 Å². The zero-order chi connectivity index (χ0) is 10.3. The van der Waals surface area contributed by atoms with Gasteiger partial charge in [-0.05, 0) is 25.7 Å². The summed E-state index contributed by atoms with van der Waals surface area (Å²) in [7, 11) is 0. The SMILES string of the molecule is CCC(=O)OC(C)CCCC(C)C. The fourth-order valence-electron chi connectivity index (χ4n) is 1.18. The second-order valence-corrected chi connectivity index (χ2v) is 3.98. The Morgan fingerprint density at radius 2 is 1.85 bits per heavy atom. The predicted molar refractivity (Wildman–Crippen MR) is 54.5 cm³/mol. The first-order valence-electron chi connectivity index (χ1n) is 5.25. The molecule has 0 amide bonds. The zero-order valence-corrected chi connectivity index (χ0v) is 9.30. The molecule has 0 aliphatic rings. The highest BCUT2D eigenvalue weighted by molar-refractivity contribution is 5.69. The van der Waals surface area contributed by atoms with Gasteiger partial charge >= 0.3 is 5.97 Å². The van der Waals surface area contributed by atoms with Crippen LogP contribution in [0.1, 0.15) is 53.4 Å². The van der Waals surface area contributed by atoms with Gasteiger partial charge in [-0.25, -0.2) is 0 Å². The standard InChI is InChI=1S/C11H22O2/c1-5-11(12)13-10(4)8-6-7-9(2)3/h9-10H,5-8H2,1-4H3. The van der Waals surface area contributed by atoms with Gasteiger partial charge in [0.2, 0.25) is 0 Å². The first-order valence-corrected chi connectivity index (χ1v) is 5.25. The molecular weight excluding hydrogens is 164 g/mol. The molecule has 0 saturated heterocycles. The molecule has 0 saturated carbocycles. The van der Waals surface area contributed by atoms with E-state index in [1.807, 2.05) is 13.8 Å². The fraction of sp³-hybridized carbons (Fsp3) is 0.909. The van der Waals surface area contributed by atoms with E-state index in [1.54, 1.807) is 0 Å². The normalized spacial score (nSPS) is 13.0. The molecule has 0 aromatic carbocycles. The van der Waals surface area contributed by atoms with Crippen molar-refractivity contribution in [2.24, 2.45) is 5.92 Å². The van der Waals surface area contributed by atoms with Gasteiger partial charge in [-0.1, -0.05) is 27.2 Å². The third-order valence-corrected chi connectivity index (χ3v) is 2.01. The van der Waals surface area contributed by atoms with E-state index in [9.17, 15) is 4.79 Å². The van der Waals surface area contributed by atoms with Crippen LogP contribution in [0.2, 0.25) is 0 Å². The lowest BCUT2D eigenvalue weighted by Gasteiger charge is -2.12. The van der Waals surface area contributed by atoms with Crippen LogP contribution in [0.5, 0.6) is 0 Å². The minimum atomic E-state index is -0.0861. The van der Waals surface area contributed by atoms with E-state index in [0.29, 0.717) is 6.42 Å². The Morgan fingerprint density at radius 1 is 1.23 bits per heavy atom. The molecule has 0 N–H and O–H groups in total. The number of esters is 1. The van der Waals surface area contributed by atoms with Crippen LogP contribution >= 0.6 is 0 Å². The van der Waals surface area contributed by atoms with Crippen LogP contribution in [0.3, 0.4) is 0 Å². The molecule has 0 rings (SSSR count). The van der Waals surface area contributed by atoms with Crippen LogP contribution in [0.15, 0.2) is 0 Å². The molecule has 0 aliphatic heterocycles. The van der Waals surface area contributed by atoms with E-state index in [4.69, 9.17) is 4.74 Å². The molecule has 13 heavy (non-hydrogen) atoms. The monoisotopic (exact) mass is 186 g/mol. The Balaban J connectivity index is 3.40. The summed E-state index contributed by atoms with van der Waals surface area (Å²) in [6.45, 7) is 8.21. The van der Waals surface area contributed by atoms with Crippen molar-refractivity contribution in [2.45, 2.75) is 59.5 Å². The van der Waals surface area contributed by atoms with E-state index < -0.39 is 0 Å². The molecule has 0 aromatic heterocycles. The Bertz CT molecular complexity index is 141. The summed E-state index contributed by atoms with van der Waals surface area (Å²) in [6.07, 6.45) is 3.92. The molecular formula is C11H22O2. The summed E-state index contributed by atoms with van der Waals surface area (Å²) in [6, 6.07) is 0. The third kappa shape index (κ3) is 7.82. The highest BCUT2D eigenvalue weighted by Crippen LogP contribution is 2.10. The average Bonchev–Trinajstić information content (AvgIpc) is 2.03. The van der Waals surface area contributed by atoms with Crippen LogP contribution in [-0.2, 0) is 9.53 Å². The topological polar surface area (TPSA) is 26.3 Å². The molecule has 1 atom stereocenters. The van der Waals surface area contributed by atoms with Crippen LogP contribution in [0.4, 0.5) is 0 Å². The van der Waals surface area contributed by atoms with Crippen molar-refractivity contribution in [3.63, 3.8) is 0 Å². The van der Waals surface area contributed by atoms with Gasteiger partial charge in [-0.2, -0.15) is 0 Å². The largest absolute Gasteiger partial charge is 0.463 e. The Morgan fingerprint density at radius 3 is 2.31 bits per heavy atom. The van der Waals surface area contributed by atoms with Crippen molar-refractivity contribution in [2.75, 3.05) is 0 Å². The lowest BCUT2D eigenvalue weighted by molar-refractivity contribution is -0.148. The van der Waals surface area contributed by atoms with Crippen LogP contribution in [-0.4, -0.2) is 12.1 Å². The molecule has 1 unspecified atom stereocenters. The third-order valence-electron chi connectivity index (χ3n) is 2.01. The van der Waals surface area contributed by atoms with Gasteiger partial charge in [0, 0.05) is 6.42 Å². The predicted octanol–water partition coefficient (Wildman–Crippen LogP) is 3.15. The highest BCUT2D eigenvalue weighted by Gasteiger charge is 2.07. The number of rotatable bonds is 6. The van der Waals surface area contributed by atoms with E-state index in [-0.39, 0.29) is 12.1 Å². The van der Waals surface area contributed by atoms with Crippen molar-refractivity contribution >= 4 is 5.97 Å². The minimum Gasteiger partial charge on any atom is -0.463 e. The van der Waals surface area contributed by atoms with Gasteiger partial charge in [-0.15, -0.1) is 0 Å². The zero-order valence-electron chi connectivity index (χ0n) is 9.30. The molecule has 0 aromatic rings. The Kier molecular flexibility index (Phi) is 6.65. The van der Waals surface area contributed by atoms with E-state index in [2.05, 4.69) is 13.8 Å². The van der Waals surface area contributed by atoms with Crippen LogP contribution in [0, 0.1) is 5.92 Å². The fourth-order valence-corrected chi connectivity index (χ4v) is 1.18. The second-order valence-electron chi connectivity index (χ2n) is 3.98. The summed E-state index contributed by atoms with van der Waals surface area (Å²) < 4.78 is 5.14. The van der Waals surface area contributed by atoms with Gasteiger partial charge in [0.25, 0.3) is 0 Å². The molecule has 0 heterocycles. The van der Waals surface area contributed by atoms with Crippen LogP contribution < -0.4 is 0 Å². The maximum absolute atomic E-state index is 10.9. The second kappa shape index (κ2) is 6.93. The van der Waals surface area contributed by atoms with E-state index >= 15 is 0 Å². The lowest BCUT2D eigenvalue weighted by Crippen LogP contribution is -2.13. The highest BCUT2D eigenvalue weighted by atomic mass is 16.5. The summed E-state index contributed by atoms with van der Waals surface area (Å²) in [5, 5.41) is 0. The van der Waals surface area contributed by atoms with Crippen molar-refractivity contribution in [1.29, 1.82) is 0 Å². The number of ether oxygens (including phenoxy) is 1. The maximum atomic E-state index is 10.9. The summed E-state index contributed by atoms with van der Waals surface area (Å²) in [5.41, 5.74) is 0. The summed E-state index contributed by atoms with van der Waals surface area (Å²) in [4.78, 5) is 10.9. The molecule has 0 aliphatic carbocycles. The first kappa shape index (κ1) is 12.5. The van der Waals surface area contributed by atoms with Gasteiger partial charge < -0.3 is 4.74 Å². The first-order chi connectivity index (χ1) is 6.06. The minimum absolute atomic E-state index is 0.0861. The van der Waals surface area contributed by atoms with Gasteiger partial charge in [0.05, 0.1) is 6.10 Å². The molecule has 0 fully saturated rings. The number of hydrogen-bond donors (Lipinski definition) is 0. The molecule has 78 valence electrons. The lowest BCUT2D eigenvalue weighted by atomic mass is 10.0. The quantitative estimate of drug-likeness (QED) is 0.596. The summed E-state index contributed by atoms with van der Waals surface area (Å²) >= 11 is 0.